The summed E-state index contributed by atoms with van der Waals surface area (Å²) in [6.07, 6.45) is 1.87. The molecule has 0 spiro atoms. The van der Waals surface area contributed by atoms with Crippen molar-refractivity contribution in [2.75, 3.05) is 0 Å². The van der Waals surface area contributed by atoms with Crippen LogP contribution in [0.25, 0.3) is 10.4 Å². The predicted molar refractivity (Wildman–Crippen MR) is 60.4 cm³/mol. The lowest BCUT2D eigenvalue weighted by molar-refractivity contribution is 0.0947. The zero-order valence-corrected chi connectivity index (χ0v) is 9.27. The molecule has 1 aliphatic rings. The number of nitrogens with one attached hydrogen (secondary N) is 1. The van der Waals surface area contributed by atoms with E-state index in [9.17, 15) is 9.18 Å². The molecule has 1 amide bonds. The molecule has 17 heavy (non-hydrogen) atoms. The SMILES string of the molecule is Cc1cc(F)c(C(=O)NC2CC2)cc1N=[N+]=[N-]. The highest BCUT2D eigenvalue weighted by molar-refractivity contribution is 5.95. The average Bonchev–Trinajstić information content (AvgIpc) is 3.06. The summed E-state index contributed by atoms with van der Waals surface area (Å²) in [6.45, 7) is 1.62. The lowest BCUT2D eigenvalue weighted by Gasteiger charge is -2.07. The van der Waals surface area contributed by atoms with Crippen molar-refractivity contribution in [3.63, 3.8) is 0 Å². The van der Waals surface area contributed by atoms with Gasteiger partial charge in [0.1, 0.15) is 5.82 Å². The second-order valence-electron chi connectivity index (χ2n) is 4.06. The summed E-state index contributed by atoms with van der Waals surface area (Å²) < 4.78 is 13.6. The smallest absolute Gasteiger partial charge is 0.254 e. The molecule has 0 saturated heterocycles. The molecule has 6 heteroatoms. The molecule has 0 atom stereocenters. The van der Waals surface area contributed by atoms with Crippen molar-refractivity contribution < 1.29 is 9.18 Å². The normalized spacial score (nSPS) is 14.0. The Balaban J connectivity index is 2.34. The van der Waals surface area contributed by atoms with Crippen molar-refractivity contribution in [2.24, 2.45) is 5.11 Å². The fraction of sp³-hybridized carbons (Fsp3) is 0.364. The van der Waals surface area contributed by atoms with Crippen LogP contribution < -0.4 is 5.32 Å². The first-order chi connectivity index (χ1) is 8.11. The highest BCUT2D eigenvalue weighted by atomic mass is 19.1. The molecule has 1 fully saturated rings. The van der Waals surface area contributed by atoms with E-state index in [0.717, 1.165) is 12.8 Å². The summed E-state index contributed by atoms with van der Waals surface area (Å²) in [4.78, 5) is 14.3. The first-order valence-electron chi connectivity index (χ1n) is 5.28. The molecule has 88 valence electrons. The van der Waals surface area contributed by atoms with Gasteiger partial charge >= 0.3 is 0 Å². The number of benzene rings is 1. The van der Waals surface area contributed by atoms with E-state index in [1.807, 2.05) is 0 Å². The van der Waals surface area contributed by atoms with Crippen LogP contribution in [0.15, 0.2) is 17.2 Å². The van der Waals surface area contributed by atoms with Gasteiger partial charge in [0.05, 0.1) is 5.56 Å². The monoisotopic (exact) mass is 234 g/mol. The second kappa shape index (κ2) is 4.43. The van der Waals surface area contributed by atoms with Gasteiger partial charge in [-0.1, -0.05) is 5.11 Å². The molecule has 0 bridgehead atoms. The Labute approximate surface area is 97.3 Å². The van der Waals surface area contributed by atoms with Crippen LogP contribution in [0.4, 0.5) is 10.1 Å². The van der Waals surface area contributed by atoms with E-state index in [4.69, 9.17) is 5.53 Å². The van der Waals surface area contributed by atoms with Crippen molar-refractivity contribution in [3.8, 4) is 0 Å². The van der Waals surface area contributed by atoms with E-state index >= 15 is 0 Å². The molecule has 1 N–H and O–H groups in total. The molecule has 1 aliphatic carbocycles. The van der Waals surface area contributed by atoms with Gasteiger partial charge in [0.15, 0.2) is 0 Å². The molecule has 0 aliphatic heterocycles. The highest BCUT2D eigenvalue weighted by Gasteiger charge is 2.25. The molecule has 2 rings (SSSR count). The molecule has 5 nitrogen and oxygen atoms in total. The third-order valence-electron chi connectivity index (χ3n) is 2.60. The molecular formula is C11H11FN4O. The molecule has 1 saturated carbocycles. The van der Waals surface area contributed by atoms with Gasteiger partial charge < -0.3 is 5.32 Å². The number of hydrogen-bond donors (Lipinski definition) is 1. The van der Waals surface area contributed by atoms with Crippen LogP contribution in [0.2, 0.25) is 0 Å². The van der Waals surface area contributed by atoms with Crippen LogP contribution in [-0.2, 0) is 0 Å². The summed E-state index contributed by atoms with van der Waals surface area (Å²) in [7, 11) is 0. The minimum atomic E-state index is -0.600. The van der Waals surface area contributed by atoms with Gasteiger partial charge in [-0.2, -0.15) is 0 Å². The van der Waals surface area contributed by atoms with Crippen molar-refractivity contribution >= 4 is 11.6 Å². The number of amides is 1. The third-order valence-corrected chi connectivity index (χ3v) is 2.60. The van der Waals surface area contributed by atoms with Gasteiger partial charge in [0.2, 0.25) is 0 Å². The van der Waals surface area contributed by atoms with Crippen molar-refractivity contribution in [1.29, 1.82) is 0 Å². The van der Waals surface area contributed by atoms with Crippen LogP contribution in [0, 0.1) is 12.7 Å². The first-order valence-corrected chi connectivity index (χ1v) is 5.28. The number of carbonyl (C=O) groups excluding carboxylic acids is 1. The number of rotatable bonds is 3. The molecule has 0 aromatic heterocycles. The first kappa shape index (κ1) is 11.4. The number of halogens is 1. The highest BCUT2D eigenvalue weighted by Crippen LogP contribution is 2.24. The van der Waals surface area contributed by atoms with E-state index in [2.05, 4.69) is 15.3 Å². The maximum absolute atomic E-state index is 13.6. The lowest BCUT2D eigenvalue weighted by atomic mass is 10.1. The van der Waals surface area contributed by atoms with Gasteiger partial charge in [-0.25, -0.2) is 4.39 Å². The summed E-state index contributed by atoms with van der Waals surface area (Å²) in [5.41, 5.74) is 9.06. The number of nitrogens with zero attached hydrogens (tertiary/aromatic N) is 3. The summed E-state index contributed by atoms with van der Waals surface area (Å²) in [5.74, 6) is -1.06. The van der Waals surface area contributed by atoms with Gasteiger partial charge in [-0.05, 0) is 43.0 Å². The Kier molecular flexibility index (Phi) is 2.97. The van der Waals surface area contributed by atoms with Crippen LogP contribution >= 0.6 is 0 Å². The van der Waals surface area contributed by atoms with Gasteiger partial charge in [0.25, 0.3) is 5.91 Å². The quantitative estimate of drug-likeness (QED) is 0.487. The fourth-order valence-electron chi connectivity index (χ4n) is 1.48. The summed E-state index contributed by atoms with van der Waals surface area (Å²) >= 11 is 0. The molecule has 1 aromatic carbocycles. The molecule has 1 aromatic rings. The topological polar surface area (TPSA) is 77.9 Å². The van der Waals surface area contributed by atoms with E-state index in [0.29, 0.717) is 5.56 Å². The number of carbonyl (C=O) groups is 1. The Bertz CT molecular complexity index is 518. The summed E-state index contributed by atoms with van der Waals surface area (Å²) in [6, 6.07) is 2.64. The maximum Gasteiger partial charge on any atom is 0.254 e. The standard InChI is InChI=1S/C11H11FN4O/c1-6-4-9(12)8(5-10(6)15-16-13)11(17)14-7-2-3-7/h4-5,7H,2-3H2,1H3,(H,14,17). The Morgan fingerprint density at radius 3 is 2.88 bits per heavy atom. The van der Waals surface area contributed by atoms with E-state index in [1.54, 1.807) is 6.92 Å². The molecule has 0 heterocycles. The molecule has 0 radical (unpaired) electrons. The zero-order valence-electron chi connectivity index (χ0n) is 9.27. The van der Waals surface area contributed by atoms with Crippen LogP contribution in [0.5, 0.6) is 0 Å². The van der Waals surface area contributed by atoms with Crippen molar-refractivity contribution in [2.45, 2.75) is 25.8 Å². The second-order valence-corrected chi connectivity index (χ2v) is 4.06. The van der Waals surface area contributed by atoms with Gasteiger partial charge in [-0.15, -0.1) is 0 Å². The number of hydrogen-bond acceptors (Lipinski definition) is 2. The van der Waals surface area contributed by atoms with Gasteiger partial charge in [0, 0.05) is 16.6 Å². The van der Waals surface area contributed by atoms with Crippen LogP contribution in [0.3, 0.4) is 0 Å². The fourth-order valence-corrected chi connectivity index (χ4v) is 1.48. The zero-order chi connectivity index (χ0) is 12.4. The predicted octanol–water partition coefficient (Wildman–Crippen LogP) is 2.97. The largest absolute Gasteiger partial charge is 0.349 e. The molecule has 0 unspecified atom stereocenters. The third kappa shape index (κ3) is 2.54. The lowest BCUT2D eigenvalue weighted by Crippen LogP contribution is -2.26. The Morgan fingerprint density at radius 1 is 1.59 bits per heavy atom. The number of azide groups is 1. The van der Waals surface area contributed by atoms with Crippen molar-refractivity contribution in [3.05, 3.63) is 39.5 Å². The van der Waals surface area contributed by atoms with Crippen molar-refractivity contribution in [1.82, 2.24) is 5.32 Å². The van der Waals surface area contributed by atoms with E-state index in [1.165, 1.54) is 12.1 Å². The van der Waals surface area contributed by atoms with E-state index in [-0.39, 0.29) is 17.3 Å². The minimum absolute atomic E-state index is 0.0788. The molecular weight excluding hydrogens is 223 g/mol. The van der Waals surface area contributed by atoms with E-state index < -0.39 is 11.7 Å². The van der Waals surface area contributed by atoms with Gasteiger partial charge in [-0.3, -0.25) is 4.79 Å². The minimum Gasteiger partial charge on any atom is -0.349 e. The average molecular weight is 234 g/mol. The number of aryl methyl sites for hydroxylation is 1. The van der Waals surface area contributed by atoms with Crippen LogP contribution in [-0.4, -0.2) is 11.9 Å². The maximum atomic E-state index is 13.6. The van der Waals surface area contributed by atoms with Crippen LogP contribution in [0.1, 0.15) is 28.8 Å². The Hall–Kier alpha value is -2.07. The Morgan fingerprint density at radius 2 is 2.29 bits per heavy atom. The summed E-state index contributed by atoms with van der Waals surface area (Å²) in [5, 5.41) is 6.11.